The summed E-state index contributed by atoms with van der Waals surface area (Å²) in [4.78, 5) is 11.8. The zero-order valence-electron chi connectivity index (χ0n) is 11.6. The third-order valence-electron chi connectivity index (χ3n) is 2.89. The highest BCUT2D eigenvalue weighted by Gasteiger charge is 2.17. The van der Waals surface area contributed by atoms with Crippen LogP contribution in [-0.4, -0.2) is 13.1 Å². The predicted molar refractivity (Wildman–Crippen MR) is 77.7 cm³/mol. The van der Waals surface area contributed by atoms with E-state index in [9.17, 15) is 4.79 Å². The lowest BCUT2D eigenvalue weighted by molar-refractivity contribution is 0.0595. The molecule has 0 saturated carbocycles. The molecule has 0 aliphatic rings. The van der Waals surface area contributed by atoms with Crippen molar-refractivity contribution in [1.82, 2.24) is 0 Å². The van der Waals surface area contributed by atoms with Crippen LogP contribution < -0.4 is 10.5 Å². The summed E-state index contributed by atoms with van der Waals surface area (Å²) in [7, 11) is 1.34. The van der Waals surface area contributed by atoms with Crippen LogP contribution in [0, 0.1) is 6.92 Å². The van der Waals surface area contributed by atoms with E-state index in [1.54, 1.807) is 12.1 Å². The van der Waals surface area contributed by atoms with Gasteiger partial charge in [-0.25, -0.2) is 4.79 Å². The van der Waals surface area contributed by atoms with Gasteiger partial charge in [0.2, 0.25) is 0 Å². The zero-order valence-corrected chi connectivity index (χ0v) is 11.6. The SMILES string of the molecule is COC(=O)c1cc(C)cc(N)c1OCc1ccccc1. The third kappa shape index (κ3) is 3.09. The number of nitrogen functional groups attached to an aromatic ring is 1. The number of rotatable bonds is 4. The minimum atomic E-state index is -0.455. The molecule has 20 heavy (non-hydrogen) atoms. The maximum Gasteiger partial charge on any atom is 0.341 e. The average molecular weight is 271 g/mol. The molecular formula is C16H17NO3. The molecule has 2 aromatic carbocycles. The average Bonchev–Trinajstić information content (AvgIpc) is 2.46. The molecule has 4 heteroatoms. The number of esters is 1. The van der Waals surface area contributed by atoms with Crippen molar-refractivity contribution >= 4 is 11.7 Å². The molecule has 0 aliphatic heterocycles. The Balaban J connectivity index is 2.28. The fourth-order valence-electron chi connectivity index (χ4n) is 1.95. The van der Waals surface area contributed by atoms with Gasteiger partial charge in [0, 0.05) is 0 Å². The van der Waals surface area contributed by atoms with Gasteiger partial charge in [-0.3, -0.25) is 0 Å². The first kappa shape index (κ1) is 13.9. The Labute approximate surface area is 118 Å². The molecule has 0 saturated heterocycles. The lowest BCUT2D eigenvalue weighted by atomic mass is 10.1. The second-order valence-corrected chi connectivity index (χ2v) is 4.50. The van der Waals surface area contributed by atoms with Gasteiger partial charge < -0.3 is 15.2 Å². The smallest absolute Gasteiger partial charge is 0.341 e. The maximum absolute atomic E-state index is 11.8. The van der Waals surface area contributed by atoms with E-state index in [1.807, 2.05) is 37.3 Å². The molecule has 2 rings (SSSR count). The third-order valence-corrected chi connectivity index (χ3v) is 2.89. The van der Waals surface area contributed by atoms with Crippen molar-refractivity contribution in [2.75, 3.05) is 12.8 Å². The molecule has 0 spiro atoms. The molecule has 0 heterocycles. The van der Waals surface area contributed by atoms with E-state index in [1.165, 1.54) is 7.11 Å². The van der Waals surface area contributed by atoms with E-state index in [2.05, 4.69) is 0 Å². The Kier molecular flexibility index (Phi) is 4.25. The lowest BCUT2D eigenvalue weighted by Gasteiger charge is -2.13. The quantitative estimate of drug-likeness (QED) is 0.686. The highest BCUT2D eigenvalue weighted by molar-refractivity contribution is 5.94. The summed E-state index contributed by atoms with van der Waals surface area (Å²) < 4.78 is 10.5. The summed E-state index contributed by atoms with van der Waals surface area (Å²) in [5, 5.41) is 0. The summed E-state index contributed by atoms with van der Waals surface area (Å²) in [6, 6.07) is 13.2. The number of ether oxygens (including phenoxy) is 2. The van der Waals surface area contributed by atoms with Gasteiger partial charge in [-0.15, -0.1) is 0 Å². The first-order valence-corrected chi connectivity index (χ1v) is 6.27. The van der Waals surface area contributed by atoms with Crippen molar-refractivity contribution in [2.45, 2.75) is 13.5 Å². The van der Waals surface area contributed by atoms with Crippen LogP contribution in [0.3, 0.4) is 0 Å². The Hall–Kier alpha value is -2.49. The summed E-state index contributed by atoms with van der Waals surface area (Å²) in [6.07, 6.45) is 0. The molecule has 0 aliphatic carbocycles. The van der Waals surface area contributed by atoms with Crippen LogP contribution in [0.1, 0.15) is 21.5 Å². The van der Waals surface area contributed by atoms with Gasteiger partial charge in [0.1, 0.15) is 12.2 Å². The standard InChI is InChI=1S/C16H17NO3/c1-11-8-13(16(18)19-2)15(14(17)9-11)20-10-12-6-4-3-5-7-12/h3-9H,10,17H2,1-2H3. The second-order valence-electron chi connectivity index (χ2n) is 4.50. The number of carbonyl (C=O) groups is 1. The molecule has 4 nitrogen and oxygen atoms in total. The summed E-state index contributed by atoms with van der Waals surface area (Å²) >= 11 is 0. The topological polar surface area (TPSA) is 61.5 Å². The summed E-state index contributed by atoms with van der Waals surface area (Å²) in [6.45, 7) is 2.21. The van der Waals surface area contributed by atoms with Gasteiger partial charge in [-0.05, 0) is 30.2 Å². The van der Waals surface area contributed by atoms with Gasteiger partial charge in [-0.2, -0.15) is 0 Å². The van der Waals surface area contributed by atoms with E-state index < -0.39 is 5.97 Å². The van der Waals surface area contributed by atoms with E-state index in [-0.39, 0.29) is 0 Å². The van der Waals surface area contributed by atoms with Crippen molar-refractivity contribution in [3.8, 4) is 5.75 Å². The van der Waals surface area contributed by atoms with Crippen LogP contribution in [0.2, 0.25) is 0 Å². The minimum Gasteiger partial charge on any atom is -0.486 e. The zero-order chi connectivity index (χ0) is 14.5. The number of carbonyl (C=O) groups excluding carboxylic acids is 1. The van der Waals surface area contributed by atoms with E-state index in [4.69, 9.17) is 15.2 Å². The summed E-state index contributed by atoms with van der Waals surface area (Å²) in [5.41, 5.74) is 8.61. The molecule has 2 aromatic rings. The van der Waals surface area contributed by atoms with Crippen molar-refractivity contribution in [1.29, 1.82) is 0 Å². The molecule has 104 valence electrons. The maximum atomic E-state index is 11.8. The summed E-state index contributed by atoms with van der Waals surface area (Å²) in [5.74, 6) is -0.0882. The van der Waals surface area contributed by atoms with Crippen molar-refractivity contribution in [3.05, 3.63) is 59.2 Å². The van der Waals surface area contributed by atoms with Gasteiger partial charge >= 0.3 is 5.97 Å². The number of hydrogen-bond acceptors (Lipinski definition) is 4. The van der Waals surface area contributed by atoms with Crippen LogP contribution in [0.5, 0.6) is 5.75 Å². The van der Waals surface area contributed by atoms with Crippen molar-refractivity contribution in [3.63, 3.8) is 0 Å². The van der Waals surface area contributed by atoms with Gasteiger partial charge in [0.15, 0.2) is 5.75 Å². The molecule has 0 unspecified atom stereocenters. The number of methoxy groups -OCH3 is 1. The Morgan fingerprint density at radius 1 is 1.20 bits per heavy atom. The second kappa shape index (κ2) is 6.10. The Morgan fingerprint density at radius 3 is 2.55 bits per heavy atom. The molecule has 0 atom stereocenters. The Bertz CT molecular complexity index is 609. The van der Waals surface area contributed by atoms with Gasteiger partial charge in [0.05, 0.1) is 12.8 Å². The monoisotopic (exact) mass is 271 g/mol. The van der Waals surface area contributed by atoms with E-state index >= 15 is 0 Å². The molecule has 0 amide bonds. The van der Waals surface area contributed by atoms with Crippen LogP contribution in [0.4, 0.5) is 5.69 Å². The number of nitrogens with two attached hydrogens (primary N) is 1. The highest BCUT2D eigenvalue weighted by Crippen LogP contribution is 2.29. The molecular weight excluding hydrogens is 254 g/mol. The fourth-order valence-corrected chi connectivity index (χ4v) is 1.95. The molecule has 0 aromatic heterocycles. The van der Waals surface area contributed by atoms with Crippen LogP contribution >= 0.6 is 0 Å². The Morgan fingerprint density at radius 2 is 1.90 bits per heavy atom. The number of anilines is 1. The first-order valence-electron chi connectivity index (χ1n) is 6.27. The predicted octanol–water partition coefficient (Wildman–Crippen LogP) is 2.94. The van der Waals surface area contributed by atoms with Crippen LogP contribution in [-0.2, 0) is 11.3 Å². The van der Waals surface area contributed by atoms with E-state index in [0.717, 1.165) is 11.1 Å². The molecule has 0 bridgehead atoms. The first-order chi connectivity index (χ1) is 9.61. The van der Waals surface area contributed by atoms with Gasteiger partial charge in [0.25, 0.3) is 0 Å². The van der Waals surface area contributed by atoms with Crippen LogP contribution in [0.15, 0.2) is 42.5 Å². The number of benzene rings is 2. The lowest BCUT2D eigenvalue weighted by Crippen LogP contribution is -2.08. The van der Waals surface area contributed by atoms with Crippen molar-refractivity contribution in [2.24, 2.45) is 0 Å². The highest BCUT2D eigenvalue weighted by atomic mass is 16.5. The molecule has 0 radical (unpaired) electrons. The van der Waals surface area contributed by atoms with E-state index in [0.29, 0.717) is 23.6 Å². The van der Waals surface area contributed by atoms with Gasteiger partial charge in [-0.1, -0.05) is 30.3 Å². The molecule has 2 N–H and O–H groups in total. The van der Waals surface area contributed by atoms with Crippen molar-refractivity contribution < 1.29 is 14.3 Å². The normalized spacial score (nSPS) is 10.1. The largest absolute Gasteiger partial charge is 0.486 e. The fraction of sp³-hybridized carbons (Fsp3) is 0.188. The van der Waals surface area contributed by atoms with Crippen LogP contribution in [0.25, 0.3) is 0 Å². The minimum absolute atomic E-state index is 0.345. The number of aryl methyl sites for hydroxylation is 1. The number of hydrogen-bond donors (Lipinski definition) is 1. The molecule has 0 fully saturated rings.